The van der Waals surface area contributed by atoms with E-state index in [1.807, 2.05) is 0 Å². The van der Waals surface area contributed by atoms with E-state index in [0.717, 1.165) is 0 Å². The van der Waals surface area contributed by atoms with Crippen molar-refractivity contribution in [1.29, 1.82) is 0 Å². The Bertz CT molecular complexity index is 664. The van der Waals surface area contributed by atoms with Gasteiger partial charge in [0.05, 0.1) is 28.8 Å². The number of benzene rings is 1. The van der Waals surface area contributed by atoms with E-state index < -0.39 is 10.0 Å². The lowest BCUT2D eigenvalue weighted by atomic mass is 10.1. The Morgan fingerprint density at radius 1 is 1.61 bits per heavy atom. The maximum atomic E-state index is 12.0. The first-order valence-corrected chi connectivity index (χ1v) is 7.41. The lowest BCUT2D eigenvalue weighted by Gasteiger charge is -2.17. The number of rotatable bonds is 3. The number of anilines is 1. The van der Waals surface area contributed by atoms with Gasteiger partial charge in [-0.1, -0.05) is 17.7 Å². The van der Waals surface area contributed by atoms with E-state index in [1.54, 1.807) is 12.1 Å². The zero-order chi connectivity index (χ0) is 13.3. The summed E-state index contributed by atoms with van der Waals surface area (Å²) in [6.07, 6.45) is 1.51. The Labute approximate surface area is 116 Å². The monoisotopic (exact) mass is 300 g/mol. The highest BCUT2D eigenvalue weighted by Crippen LogP contribution is 2.44. The molecule has 0 spiro atoms. The number of hydrogen-bond acceptors (Lipinski definition) is 4. The lowest BCUT2D eigenvalue weighted by Crippen LogP contribution is -2.26. The van der Waals surface area contributed by atoms with E-state index in [1.165, 1.54) is 10.4 Å². The second-order valence-electron chi connectivity index (χ2n) is 3.67. The van der Waals surface area contributed by atoms with Crippen LogP contribution in [-0.2, 0) is 15.8 Å². The van der Waals surface area contributed by atoms with Crippen LogP contribution >= 0.6 is 23.8 Å². The summed E-state index contributed by atoms with van der Waals surface area (Å²) in [5, 5.41) is 2.65. The van der Waals surface area contributed by atoms with Gasteiger partial charge in [-0.25, -0.2) is 8.42 Å². The molecule has 0 N–H and O–H groups in total. The predicted molar refractivity (Wildman–Crippen MR) is 76.3 cm³/mol. The Balaban J connectivity index is 2.74. The van der Waals surface area contributed by atoms with Crippen molar-refractivity contribution >= 4 is 50.4 Å². The summed E-state index contributed by atoms with van der Waals surface area (Å²) in [6, 6.07) is 3.23. The molecule has 18 heavy (non-hydrogen) atoms. The number of sulfonamides is 1. The number of thiocarbonyl (C=S) groups is 1. The van der Waals surface area contributed by atoms with Crippen molar-refractivity contribution in [2.75, 3.05) is 10.8 Å². The SMILES string of the molecule is C=CCN1c2c(N=C=S)ccc(Cl)c2CS1(=O)=O. The van der Waals surface area contributed by atoms with Crippen molar-refractivity contribution in [2.24, 2.45) is 4.99 Å². The zero-order valence-corrected chi connectivity index (χ0v) is 11.6. The molecular weight excluding hydrogens is 292 g/mol. The van der Waals surface area contributed by atoms with Crippen molar-refractivity contribution in [3.05, 3.63) is 35.4 Å². The molecule has 0 saturated carbocycles. The quantitative estimate of drug-likeness (QED) is 0.490. The molecule has 0 fully saturated rings. The van der Waals surface area contributed by atoms with Crippen LogP contribution < -0.4 is 4.31 Å². The van der Waals surface area contributed by atoms with Crippen LogP contribution in [0.3, 0.4) is 0 Å². The highest BCUT2D eigenvalue weighted by atomic mass is 35.5. The second-order valence-corrected chi connectivity index (χ2v) is 6.16. The minimum Gasteiger partial charge on any atom is -0.264 e. The van der Waals surface area contributed by atoms with E-state index in [0.29, 0.717) is 22.0 Å². The van der Waals surface area contributed by atoms with Crippen molar-refractivity contribution in [2.45, 2.75) is 5.75 Å². The molecule has 1 aromatic rings. The third kappa shape index (κ3) is 2.08. The van der Waals surface area contributed by atoms with E-state index in [9.17, 15) is 8.42 Å². The van der Waals surface area contributed by atoms with Crippen LogP contribution in [0.25, 0.3) is 0 Å². The van der Waals surface area contributed by atoms with Crippen LogP contribution in [0.4, 0.5) is 11.4 Å². The largest absolute Gasteiger partial charge is 0.264 e. The standard InChI is InChI=1S/C11H9ClN2O2S2/c1-2-5-14-11-8(6-18(14,15)16)9(12)3-4-10(11)13-7-17/h2-4H,1,5-6H2. The van der Waals surface area contributed by atoms with Crippen LogP contribution in [0.15, 0.2) is 29.8 Å². The molecular formula is C11H9ClN2O2S2. The Hall–Kier alpha value is -1.20. The van der Waals surface area contributed by atoms with Crippen molar-refractivity contribution in [3.8, 4) is 0 Å². The Morgan fingerprint density at radius 2 is 2.33 bits per heavy atom. The molecule has 0 unspecified atom stereocenters. The van der Waals surface area contributed by atoms with Crippen LogP contribution in [0.1, 0.15) is 5.56 Å². The van der Waals surface area contributed by atoms with E-state index in [-0.39, 0.29) is 12.3 Å². The molecule has 94 valence electrons. The first kappa shape index (κ1) is 13.2. The molecule has 1 heterocycles. The molecule has 0 saturated heterocycles. The van der Waals surface area contributed by atoms with E-state index in [2.05, 4.69) is 29.0 Å². The number of halogens is 1. The van der Waals surface area contributed by atoms with Gasteiger partial charge in [0, 0.05) is 10.6 Å². The third-order valence-electron chi connectivity index (χ3n) is 2.58. The fraction of sp³-hybridized carbons (Fsp3) is 0.182. The molecule has 4 nitrogen and oxygen atoms in total. The number of hydrogen-bond donors (Lipinski definition) is 0. The molecule has 0 aliphatic carbocycles. The molecule has 0 bridgehead atoms. The summed E-state index contributed by atoms with van der Waals surface area (Å²) in [7, 11) is -3.42. The van der Waals surface area contributed by atoms with Gasteiger partial charge in [0.1, 0.15) is 0 Å². The van der Waals surface area contributed by atoms with Crippen molar-refractivity contribution in [1.82, 2.24) is 0 Å². The molecule has 0 amide bonds. The molecule has 0 atom stereocenters. The topological polar surface area (TPSA) is 49.7 Å². The van der Waals surface area contributed by atoms with E-state index in [4.69, 9.17) is 11.6 Å². The molecule has 1 aliphatic heterocycles. The number of fused-ring (bicyclic) bond motifs is 1. The minimum absolute atomic E-state index is 0.129. The van der Waals surface area contributed by atoms with Gasteiger partial charge in [0.25, 0.3) is 0 Å². The first-order valence-electron chi connectivity index (χ1n) is 5.02. The van der Waals surface area contributed by atoms with Gasteiger partial charge in [-0.05, 0) is 24.4 Å². The molecule has 2 rings (SSSR count). The molecule has 7 heteroatoms. The third-order valence-corrected chi connectivity index (χ3v) is 4.68. The summed E-state index contributed by atoms with van der Waals surface area (Å²) < 4.78 is 25.3. The molecule has 0 radical (unpaired) electrons. The summed E-state index contributed by atoms with van der Waals surface area (Å²) in [6.45, 7) is 3.73. The smallest absolute Gasteiger partial charge is 0.239 e. The number of isothiocyanates is 1. The Kier molecular flexibility index (Phi) is 3.54. The van der Waals surface area contributed by atoms with Gasteiger partial charge in [-0.3, -0.25) is 4.31 Å². The van der Waals surface area contributed by atoms with Gasteiger partial charge in [-0.15, -0.1) is 6.58 Å². The summed E-state index contributed by atoms with van der Waals surface area (Å²) in [5.41, 5.74) is 1.47. The Morgan fingerprint density at radius 3 is 2.94 bits per heavy atom. The lowest BCUT2D eigenvalue weighted by molar-refractivity contribution is 0.595. The van der Waals surface area contributed by atoms with E-state index >= 15 is 0 Å². The predicted octanol–water partition coefficient (Wildman–Crippen LogP) is 2.91. The molecule has 1 aliphatic rings. The van der Waals surface area contributed by atoms with Crippen LogP contribution in [0.2, 0.25) is 5.02 Å². The average Bonchev–Trinajstić information content (AvgIpc) is 2.57. The van der Waals surface area contributed by atoms with Gasteiger partial charge in [0.2, 0.25) is 10.0 Å². The maximum absolute atomic E-state index is 12.0. The fourth-order valence-electron chi connectivity index (χ4n) is 1.88. The highest BCUT2D eigenvalue weighted by molar-refractivity contribution is 7.92. The molecule has 1 aromatic carbocycles. The van der Waals surface area contributed by atoms with Gasteiger partial charge < -0.3 is 0 Å². The van der Waals surface area contributed by atoms with Gasteiger partial charge in [0.15, 0.2) is 0 Å². The first-order chi connectivity index (χ1) is 8.51. The second kappa shape index (κ2) is 4.82. The summed E-state index contributed by atoms with van der Waals surface area (Å²) in [5.74, 6) is -0.129. The minimum atomic E-state index is -3.42. The highest BCUT2D eigenvalue weighted by Gasteiger charge is 2.36. The van der Waals surface area contributed by atoms with Gasteiger partial charge in [-0.2, -0.15) is 4.99 Å². The van der Waals surface area contributed by atoms with Gasteiger partial charge >= 0.3 is 0 Å². The zero-order valence-electron chi connectivity index (χ0n) is 9.26. The molecule has 0 aromatic heterocycles. The number of aliphatic imine (C=N–C) groups is 1. The van der Waals surface area contributed by atoms with Crippen LogP contribution in [0, 0.1) is 0 Å². The van der Waals surface area contributed by atoms with Crippen LogP contribution in [-0.4, -0.2) is 20.1 Å². The average molecular weight is 301 g/mol. The summed E-state index contributed by atoms with van der Waals surface area (Å²) in [4.78, 5) is 3.88. The fourth-order valence-corrected chi connectivity index (χ4v) is 3.90. The van der Waals surface area contributed by atoms with Crippen LogP contribution in [0.5, 0.6) is 0 Å². The van der Waals surface area contributed by atoms with Crippen molar-refractivity contribution in [3.63, 3.8) is 0 Å². The number of nitrogens with zero attached hydrogens (tertiary/aromatic N) is 2. The normalized spacial score (nSPS) is 15.9. The maximum Gasteiger partial charge on any atom is 0.239 e. The van der Waals surface area contributed by atoms with Crippen molar-refractivity contribution < 1.29 is 8.42 Å². The summed E-state index contributed by atoms with van der Waals surface area (Å²) >= 11 is 10.6.